The van der Waals surface area contributed by atoms with Crippen LogP contribution in [0.2, 0.25) is 10.0 Å². The van der Waals surface area contributed by atoms with Crippen LogP contribution in [-0.2, 0) is 0 Å². The Kier molecular flexibility index (Phi) is 11.6. The Morgan fingerprint density at radius 1 is 0.875 bits per heavy atom. The van der Waals surface area contributed by atoms with Crippen molar-refractivity contribution in [1.82, 2.24) is 9.30 Å². The zero-order chi connectivity index (χ0) is 28.6. The normalized spacial score (nSPS) is 11.5. The number of halogens is 4. The summed E-state index contributed by atoms with van der Waals surface area (Å²) in [6.07, 6.45) is 7.70. The number of carbonyl (C=O) groups excluding carboxylic acids is 1. The van der Waals surface area contributed by atoms with Gasteiger partial charge >= 0.3 is 0 Å². The van der Waals surface area contributed by atoms with Gasteiger partial charge in [0.15, 0.2) is 0 Å². The Hall–Kier alpha value is -1.83. The summed E-state index contributed by atoms with van der Waals surface area (Å²) in [6, 6.07) is 16.9. The van der Waals surface area contributed by atoms with Crippen molar-refractivity contribution in [1.29, 1.82) is 0 Å². The van der Waals surface area contributed by atoms with E-state index < -0.39 is 0 Å². The van der Waals surface area contributed by atoms with Gasteiger partial charge in [-0.05, 0) is 112 Å². The van der Waals surface area contributed by atoms with Crippen molar-refractivity contribution in [2.24, 2.45) is 0 Å². The van der Waals surface area contributed by atoms with Crippen LogP contribution in [-0.4, -0.2) is 41.3 Å². The quantitative estimate of drug-likeness (QED) is 0.0966. The van der Waals surface area contributed by atoms with E-state index in [-0.39, 0.29) is 5.78 Å². The summed E-state index contributed by atoms with van der Waals surface area (Å²) >= 11 is 19.8. The number of ether oxygens (including phenoxy) is 1. The molecule has 2 heterocycles. The standard InChI is InChI=1S/C32H34Br2Cl2N2O2/c1-3-5-13-37(14-6-4-2)15-9-17-40-32-26(33)18-23(19-27(32)34)31(39)30-25(21-24-10-7-8-16-38(24)30)22-11-12-28(35)29(36)20-22/h7-8,10-12,16,18-21H,3-6,9,13-15,17H2,1-2H3. The lowest BCUT2D eigenvalue weighted by Gasteiger charge is -2.22. The van der Waals surface area contributed by atoms with Crippen molar-refractivity contribution >= 4 is 66.4 Å². The Bertz CT molecular complexity index is 1440. The molecule has 0 amide bonds. The van der Waals surface area contributed by atoms with Gasteiger partial charge in [0.25, 0.3) is 0 Å². The van der Waals surface area contributed by atoms with Crippen molar-refractivity contribution in [3.8, 4) is 16.9 Å². The third kappa shape index (κ3) is 7.51. The molecule has 0 radical (unpaired) electrons. The number of carbonyl (C=O) groups is 1. The summed E-state index contributed by atoms with van der Waals surface area (Å²) in [7, 11) is 0. The maximum absolute atomic E-state index is 14.0. The molecule has 4 rings (SSSR count). The van der Waals surface area contributed by atoms with Gasteiger partial charge in [0.05, 0.1) is 25.6 Å². The van der Waals surface area contributed by atoms with Crippen LogP contribution in [0.1, 0.15) is 62.0 Å². The van der Waals surface area contributed by atoms with Gasteiger partial charge in [0, 0.05) is 29.4 Å². The van der Waals surface area contributed by atoms with Gasteiger partial charge in [0.2, 0.25) is 5.78 Å². The van der Waals surface area contributed by atoms with Crippen LogP contribution in [0, 0.1) is 0 Å². The summed E-state index contributed by atoms with van der Waals surface area (Å²) in [5, 5.41) is 0.916. The van der Waals surface area contributed by atoms with Crippen LogP contribution < -0.4 is 4.74 Å². The highest BCUT2D eigenvalue weighted by Crippen LogP contribution is 2.38. The van der Waals surface area contributed by atoms with Gasteiger partial charge in [-0.1, -0.05) is 62.0 Å². The number of nitrogens with zero attached hydrogens (tertiary/aromatic N) is 2. The lowest BCUT2D eigenvalue weighted by molar-refractivity contribution is 0.103. The summed E-state index contributed by atoms with van der Waals surface area (Å²) in [4.78, 5) is 16.6. The van der Waals surface area contributed by atoms with Crippen LogP contribution in [0.25, 0.3) is 16.6 Å². The van der Waals surface area contributed by atoms with E-state index in [1.54, 1.807) is 12.1 Å². The molecule has 0 fully saturated rings. The monoisotopic (exact) mass is 706 g/mol. The van der Waals surface area contributed by atoms with Crippen LogP contribution in [0.5, 0.6) is 5.75 Å². The van der Waals surface area contributed by atoms with Crippen LogP contribution in [0.15, 0.2) is 69.7 Å². The predicted octanol–water partition coefficient (Wildman–Crippen LogP) is 10.3. The largest absolute Gasteiger partial charge is 0.491 e. The molecular formula is C32H34Br2Cl2N2O2. The number of rotatable bonds is 14. The molecule has 40 heavy (non-hydrogen) atoms. The molecule has 0 saturated carbocycles. The number of aromatic nitrogens is 1. The van der Waals surface area contributed by atoms with Gasteiger partial charge in [-0.15, -0.1) is 0 Å². The van der Waals surface area contributed by atoms with Gasteiger partial charge in [-0.3, -0.25) is 4.79 Å². The molecular weight excluding hydrogens is 675 g/mol. The third-order valence-electron chi connectivity index (χ3n) is 6.91. The molecule has 2 aromatic carbocycles. The summed E-state index contributed by atoms with van der Waals surface area (Å²) in [5.74, 6) is 0.595. The highest BCUT2D eigenvalue weighted by molar-refractivity contribution is 9.11. The number of unbranched alkanes of at least 4 members (excludes halogenated alkanes) is 2. The maximum Gasteiger partial charge on any atom is 0.210 e. The molecule has 0 aliphatic rings. The first-order chi connectivity index (χ1) is 19.3. The van der Waals surface area contributed by atoms with E-state index >= 15 is 0 Å². The van der Waals surface area contributed by atoms with Crippen molar-refractivity contribution in [3.63, 3.8) is 0 Å². The third-order valence-corrected chi connectivity index (χ3v) is 8.82. The minimum atomic E-state index is -0.109. The van der Waals surface area contributed by atoms with E-state index in [4.69, 9.17) is 27.9 Å². The van der Waals surface area contributed by atoms with Crippen molar-refractivity contribution in [2.45, 2.75) is 46.0 Å². The summed E-state index contributed by atoms with van der Waals surface area (Å²) < 4.78 is 9.55. The molecule has 4 nitrogen and oxygen atoms in total. The maximum atomic E-state index is 14.0. The van der Waals surface area contributed by atoms with Gasteiger partial charge in [-0.2, -0.15) is 0 Å². The molecule has 8 heteroatoms. The molecule has 0 aliphatic heterocycles. The number of fused-ring (bicyclic) bond motifs is 1. The molecule has 4 aromatic rings. The predicted molar refractivity (Wildman–Crippen MR) is 174 cm³/mol. The van der Waals surface area contributed by atoms with Crippen LogP contribution in [0.4, 0.5) is 0 Å². The average Bonchev–Trinajstić information content (AvgIpc) is 3.33. The smallest absolute Gasteiger partial charge is 0.210 e. The van der Waals surface area contributed by atoms with Crippen LogP contribution >= 0.6 is 55.1 Å². The number of hydrogen-bond acceptors (Lipinski definition) is 3. The second kappa shape index (κ2) is 14.9. The molecule has 0 bridgehead atoms. The van der Waals surface area contributed by atoms with E-state index in [9.17, 15) is 4.79 Å². The second-order valence-corrected chi connectivity index (χ2v) is 12.4. The SMILES string of the molecule is CCCCN(CCCC)CCCOc1c(Br)cc(C(=O)c2c(-c3ccc(Cl)c(Cl)c3)cc3ccccn23)cc1Br. The van der Waals surface area contributed by atoms with E-state index in [0.29, 0.717) is 33.7 Å². The van der Waals surface area contributed by atoms with Gasteiger partial charge in [0.1, 0.15) is 11.4 Å². The highest BCUT2D eigenvalue weighted by Gasteiger charge is 2.23. The minimum absolute atomic E-state index is 0.109. The fourth-order valence-corrected chi connectivity index (χ4v) is 6.48. The fraction of sp³-hybridized carbons (Fsp3) is 0.344. The number of pyridine rings is 1. The van der Waals surface area contributed by atoms with E-state index in [2.05, 4.69) is 50.6 Å². The molecule has 0 N–H and O–H groups in total. The Morgan fingerprint density at radius 3 is 2.20 bits per heavy atom. The van der Waals surface area contributed by atoms with E-state index in [1.807, 2.05) is 53.1 Å². The molecule has 0 aliphatic carbocycles. The second-order valence-electron chi connectivity index (χ2n) is 9.88. The molecule has 2 aromatic heterocycles. The Balaban J connectivity index is 1.55. The van der Waals surface area contributed by atoms with E-state index in [0.717, 1.165) is 51.6 Å². The minimum Gasteiger partial charge on any atom is -0.491 e. The lowest BCUT2D eigenvalue weighted by atomic mass is 10.00. The molecule has 0 atom stereocenters. The van der Waals surface area contributed by atoms with Crippen LogP contribution in [0.3, 0.4) is 0 Å². The molecule has 0 saturated heterocycles. The number of hydrogen-bond donors (Lipinski definition) is 0. The Morgan fingerprint density at radius 2 is 1.55 bits per heavy atom. The van der Waals surface area contributed by atoms with Gasteiger partial charge in [-0.25, -0.2) is 0 Å². The zero-order valence-corrected chi connectivity index (χ0v) is 27.5. The van der Waals surface area contributed by atoms with Crippen molar-refractivity contribution < 1.29 is 9.53 Å². The van der Waals surface area contributed by atoms with Crippen molar-refractivity contribution in [3.05, 3.63) is 91.0 Å². The summed E-state index contributed by atoms with van der Waals surface area (Å²) in [6.45, 7) is 8.36. The zero-order valence-electron chi connectivity index (χ0n) is 22.9. The average molecular weight is 709 g/mol. The molecule has 0 unspecified atom stereocenters. The first kappa shape index (κ1) is 31.1. The van der Waals surface area contributed by atoms with E-state index in [1.165, 1.54) is 25.7 Å². The fourth-order valence-electron chi connectivity index (χ4n) is 4.77. The molecule has 0 spiro atoms. The first-order valence-corrected chi connectivity index (χ1v) is 16.1. The summed E-state index contributed by atoms with van der Waals surface area (Å²) in [5.41, 5.74) is 3.63. The topological polar surface area (TPSA) is 34.0 Å². The number of ketones is 1. The van der Waals surface area contributed by atoms with Crippen molar-refractivity contribution in [2.75, 3.05) is 26.2 Å². The number of benzene rings is 2. The Labute approximate surface area is 263 Å². The van der Waals surface area contributed by atoms with Gasteiger partial charge < -0.3 is 14.0 Å². The first-order valence-electron chi connectivity index (χ1n) is 13.8. The molecule has 212 valence electrons. The highest BCUT2D eigenvalue weighted by atomic mass is 79.9. The lowest BCUT2D eigenvalue weighted by Crippen LogP contribution is -2.28.